The van der Waals surface area contributed by atoms with E-state index >= 15 is 0 Å². The summed E-state index contributed by atoms with van der Waals surface area (Å²) < 4.78 is 36.7. The van der Waals surface area contributed by atoms with E-state index in [9.17, 15) is 18.0 Å². The van der Waals surface area contributed by atoms with Gasteiger partial charge < -0.3 is 14.6 Å². The molecule has 1 aromatic carbocycles. The second kappa shape index (κ2) is 7.49. The average Bonchev–Trinajstić information content (AvgIpc) is 3.33. The molecule has 9 nitrogen and oxygen atoms in total. The summed E-state index contributed by atoms with van der Waals surface area (Å²) in [5, 5.41) is 6.09. The van der Waals surface area contributed by atoms with Gasteiger partial charge in [-0.1, -0.05) is 5.16 Å². The zero-order valence-electron chi connectivity index (χ0n) is 14.8. The molecule has 1 aliphatic rings. The molecule has 3 rings (SSSR count). The number of nitrogens with one attached hydrogen (secondary N) is 2. The number of nitrogens with zero attached hydrogens (tertiary/aromatic N) is 1. The Kier molecular flexibility index (Phi) is 5.29. The van der Waals surface area contributed by atoms with E-state index in [0.717, 1.165) is 12.8 Å². The van der Waals surface area contributed by atoms with Crippen LogP contribution in [-0.2, 0) is 19.6 Å². The monoisotopic (exact) mass is 393 g/mol. The molecular formula is C17H19N3O6S. The Morgan fingerprint density at radius 3 is 2.48 bits per heavy atom. The van der Waals surface area contributed by atoms with Crippen molar-refractivity contribution in [1.82, 2.24) is 9.88 Å². The number of hydrogen-bond acceptors (Lipinski definition) is 7. The van der Waals surface area contributed by atoms with Crippen molar-refractivity contribution in [3.05, 3.63) is 41.7 Å². The van der Waals surface area contributed by atoms with Crippen molar-refractivity contribution in [2.75, 3.05) is 5.32 Å². The summed E-state index contributed by atoms with van der Waals surface area (Å²) in [4.78, 5) is 24.3. The smallest absolute Gasteiger partial charge is 0.338 e. The highest BCUT2D eigenvalue weighted by atomic mass is 32.2. The third-order valence-electron chi connectivity index (χ3n) is 3.83. The number of carbonyl (C=O) groups excluding carboxylic acids is 2. The Morgan fingerprint density at radius 2 is 1.93 bits per heavy atom. The van der Waals surface area contributed by atoms with Crippen LogP contribution in [-0.4, -0.2) is 37.6 Å². The van der Waals surface area contributed by atoms with Crippen molar-refractivity contribution in [1.29, 1.82) is 0 Å². The first kappa shape index (κ1) is 19.1. The number of amides is 1. The molecule has 1 heterocycles. The van der Waals surface area contributed by atoms with Gasteiger partial charge in [-0.2, -0.15) is 0 Å². The van der Waals surface area contributed by atoms with Crippen molar-refractivity contribution < 1.29 is 27.3 Å². The van der Waals surface area contributed by atoms with Gasteiger partial charge in [-0.25, -0.2) is 17.9 Å². The molecule has 2 aromatic rings. The van der Waals surface area contributed by atoms with Crippen LogP contribution < -0.4 is 10.0 Å². The third-order valence-corrected chi connectivity index (χ3v) is 5.37. The Morgan fingerprint density at radius 1 is 1.26 bits per heavy atom. The van der Waals surface area contributed by atoms with Crippen LogP contribution >= 0.6 is 0 Å². The van der Waals surface area contributed by atoms with Crippen LogP contribution in [0.1, 0.15) is 35.9 Å². The second-order valence-corrected chi connectivity index (χ2v) is 7.99. The molecule has 27 heavy (non-hydrogen) atoms. The number of carbonyl (C=O) groups is 2. The van der Waals surface area contributed by atoms with Crippen molar-refractivity contribution in [2.45, 2.75) is 43.7 Å². The lowest BCUT2D eigenvalue weighted by Gasteiger charge is -2.12. The Labute approximate surface area is 156 Å². The molecular weight excluding hydrogens is 374 g/mol. The number of anilines is 1. The SMILES string of the molecule is Cc1cc(NC(=O)[C@@H](C)OC(=O)c2ccc(S(=O)(=O)NC3CC3)cc2)no1. The number of hydrogen-bond donors (Lipinski definition) is 2. The van der Waals surface area contributed by atoms with Gasteiger partial charge in [0.25, 0.3) is 5.91 Å². The van der Waals surface area contributed by atoms with E-state index in [0.29, 0.717) is 5.76 Å². The fourth-order valence-corrected chi connectivity index (χ4v) is 3.50. The highest BCUT2D eigenvalue weighted by Gasteiger charge is 2.28. The van der Waals surface area contributed by atoms with E-state index in [2.05, 4.69) is 15.2 Å². The van der Waals surface area contributed by atoms with E-state index in [4.69, 9.17) is 9.26 Å². The summed E-state index contributed by atoms with van der Waals surface area (Å²) in [5.41, 5.74) is 0.136. The Bertz CT molecular complexity index is 947. The van der Waals surface area contributed by atoms with Crippen LogP contribution in [0, 0.1) is 6.92 Å². The normalized spacial score (nSPS) is 15.2. The third kappa shape index (κ3) is 4.92. The minimum atomic E-state index is -3.59. The van der Waals surface area contributed by atoms with E-state index in [1.807, 2.05) is 0 Å². The van der Waals surface area contributed by atoms with Crippen molar-refractivity contribution >= 4 is 27.7 Å². The molecule has 1 aromatic heterocycles. The number of aromatic nitrogens is 1. The summed E-state index contributed by atoms with van der Waals surface area (Å²) in [5.74, 6) is -0.558. The lowest BCUT2D eigenvalue weighted by Crippen LogP contribution is -2.30. The fourth-order valence-electron chi connectivity index (χ4n) is 2.19. The lowest BCUT2D eigenvalue weighted by molar-refractivity contribution is -0.123. The summed E-state index contributed by atoms with van der Waals surface area (Å²) in [6, 6.07) is 6.85. The number of benzene rings is 1. The number of aryl methyl sites for hydroxylation is 1. The lowest BCUT2D eigenvalue weighted by atomic mass is 10.2. The largest absolute Gasteiger partial charge is 0.449 e. The molecule has 2 N–H and O–H groups in total. The molecule has 0 saturated heterocycles. The fraction of sp³-hybridized carbons (Fsp3) is 0.353. The molecule has 0 spiro atoms. The molecule has 1 fully saturated rings. The zero-order valence-corrected chi connectivity index (χ0v) is 15.6. The maximum atomic E-state index is 12.2. The van der Waals surface area contributed by atoms with Crippen LogP contribution in [0.15, 0.2) is 39.8 Å². The predicted molar refractivity (Wildman–Crippen MR) is 94.5 cm³/mol. The van der Waals surface area contributed by atoms with E-state index in [1.165, 1.54) is 37.3 Å². The number of sulfonamides is 1. The quantitative estimate of drug-likeness (QED) is 0.684. The van der Waals surface area contributed by atoms with Crippen LogP contribution in [0.2, 0.25) is 0 Å². The first-order chi connectivity index (χ1) is 12.7. The predicted octanol–water partition coefficient (Wildman–Crippen LogP) is 1.61. The van der Waals surface area contributed by atoms with Crippen LogP contribution in [0.4, 0.5) is 5.82 Å². The van der Waals surface area contributed by atoms with Gasteiger partial charge in [-0.3, -0.25) is 4.79 Å². The molecule has 0 radical (unpaired) electrons. The zero-order chi connectivity index (χ0) is 19.6. The molecule has 0 bridgehead atoms. The van der Waals surface area contributed by atoms with Crippen LogP contribution in [0.5, 0.6) is 0 Å². The summed E-state index contributed by atoms with van der Waals surface area (Å²) in [6.45, 7) is 3.09. The minimum absolute atomic E-state index is 0.00694. The molecule has 1 amide bonds. The second-order valence-electron chi connectivity index (χ2n) is 6.28. The molecule has 10 heteroatoms. The first-order valence-corrected chi connectivity index (χ1v) is 9.80. The van der Waals surface area contributed by atoms with Gasteiger partial charge in [0.1, 0.15) is 5.76 Å². The average molecular weight is 393 g/mol. The van der Waals surface area contributed by atoms with Crippen LogP contribution in [0.3, 0.4) is 0 Å². The maximum absolute atomic E-state index is 12.2. The van der Waals surface area contributed by atoms with E-state index < -0.39 is 28.0 Å². The van der Waals surface area contributed by atoms with Gasteiger partial charge in [0, 0.05) is 12.1 Å². The van der Waals surface area contributed by atoms with Gasteiger partial charge in [0.05, 0.1) is 10.5 Å². The number of rotatable bonds is 7. The molecule has 0 unspecified atom stereocenters. The van der Waals surface area contributed by atoms with Crippen molar-refractivity contribution in [3.8, 4) is 0 Å². The number of esters is 1. The summed E-state index contributed by atoms with van der Waals surface area (Å²) in [7, 11) is -3.59. The Balaban J connectivity index is 1.59. The van der Waals surface area contributed by atoms with Gasteiger partial charge in [-0.15, -0.1) is 0 Å². The van der Waals surface area contributed by atoms with Crippen molar-refractivity contribution in [3.63, 3.8) is 0 Å². The van der Waals surface area contributed by atoms with Gasteiger partial charge in [-0.05, 0) is 51.0 Å². The molecule has 144 valence electrons. The van der Waals surface area contributed by atoms with E-state index in [-0.39, 0.29) is 22.3 Å². The van der Waals surface area contributed by atoms with Gasteiger partial charge in [0.2, 0.25) is 10.0 Å². The Hall–Kier alpha value is -2.72. The van der Waals surface area contributed by atoms with Crippen molar-refractivity contribution in [2.24, 2.45) is 0 Å². The highest BCUT2D eigenvalue weighted by Crippen LogP contribution is 2.22. The topological polar surface area (TPSA) is 128 Å². The molecule has 1 saturated carbocycles. The minimum Gasteiger partial charge on any atom is -0.449 e. The number of ether oxygens (including phenoxy) is 1. The summed E-state index contributed by atoms with van der Waals surface area (Å²) in [6.07, 6.45) is 0.587. The first-order valence-electron chi connectivity index (χ1n) is 8.32. The standard InChI is InChI=1S/C17H19N3O6S/c1-10-9-15(19-26-10)18-16(21)11(2)25-17(22)12-3-7-14(8-4-12)27(23,24)20-13-5-6-13/h3-4,7-9,11,13,20H,5-6H2,1-2H3,(H,18,19,21)/t11-/m1/s1. The van der Waals surface area contributed by atoms with E-state index in [1.54, 1.807) is 6.92 Å². The molecule has 1 aliphatic carbocycles. The summed E-state index contributed by atoms with van der Waals surface area (Å²) >= 11 is 0. The van der Waals surface area contributed by atoms with Crippen LogP contribution in [0.25, 0.3) is 0 Å². The maximum Gasteiger partial charge on any atom is 0.338 e. The highest BCUT2D eigenvalue weighted by molar-refractivity contribution is 7.89. The van der Waals surface area contributed by atoms with Gasteiger partial charge >= 0.3 is 5.97 Å². The van der Waals surface area contributed by atoms with Gasteiger partial charge in [0.15, 0.2) is 11.9 Å². The molecule has 0 aliphatic heterocycles. The molecule has 1 atom stereocenters.